The highest BCUT2D eigenvalue weighted by Gasteiger charge is 2.19. The third-order valence-corrected chi connectivity index (χ3v) is 4.96. The number of hydrogen-bond acceptors (Lipinski definition) is 8. The minimum Gasteiger partial charge on any atom is -0.399 e. The van der Waals surface area contributed by atoms with Crippen molar-refractivity contribution in [3.8, 4) is 0 Å². The summed E-state index contributed by atoms with van der Waals surface area (Å²) in [4.78, 5) is 26.3. The summed E-state index contributed by atoms with van der Waals surface area (Å²) in [6.07, 6.45) is 2.16. The normalized spacial score (nSPS) is 11.0. The number of hydrogen-bond donors (Lipinski definition) is 4. The van der Waals surface area contributed by atoms with Gasteiger partial charge >= 0.3 is 0 Å². The molecule has 3 heterocycles. The van der Waals surface area contributed by atoms with Gasteiger partial charge in [-0.3, -0.25) is 4.79 Å². The average molecular weight is 447 g/mol. The third-order valence-electron chi connectivity index (χ3n) is 4.96. The van der Waals surface area contributed by atoms with Crippen LogP contribution in [0.2, 0.25) is 0 Å². The van der Waals surface area contributed by atoms with Crippen LogP contribution in [0.3, 0.4) is 0 Å². The second kappa shape index (κ2) is 8.99. The SMILES string of the molecule is C=CCc1nc2c(Nc3ccc(N)cc3)nc(N)nc2n1CC(=O)Nc1cc(C)nn1CC. The molecule has 0 saturated carbocycles. The Morgan fingerprint density at radius 2 is 1.94 bits per heavy atom. The van der Waals surface area contributed by atoms with Crippen LogP contribution in [-0.2, 0) is 24.3 Å². The number of nitrogen functional groups attached to an aromatic ring is 2. The van der Waals surface area contributed by atoms with E-state index in [0.717, 1.165) is 11.4 Å². The second-order valence-electron chi connectivity index (χ2n) is 7.49. The maximum absolute atomic E-state index is 12.9. The van der Waals surface area contributed by atoms with Crippen molar-refractivity contribution in [2.24, 2.45) is 0 Å². The summed E-state index contributed by atoms with van der Waals surface area (Å²) in [6, 6.07) is 9.03. The lowest BCUT2D eigenvalue weighted by Gasteiger charge is -2.10. The molecule has 1 amide bonds. The maximum atomic E-state index is 12.9. The van der Waals surface area contributed by atoms with Gasteiger partial charge in [0.25, 0.3) is 0 Å². The number of imidazole rings is 1. The van der Waals surface area contributed by atoms with E-state index in [1.165, 1.54) is 0 Å². The number of rotatable bonds is 8. The number of amides is 1. The van der Waals surface area contributed by atoms with Crippen molar-refractivity contribution in [2.75, 3.05) is 22.1 Å². The molecule has 1 aromatic carbocycles. The molecule has 0 aliphatic carbocycles. The molecule has 0 spiro atoms. The van der Waals surface area contributed by atoms with E-state index in [4.69, 9.17) is 11.5 Å². The molecule has 4 aromatic rings. The highest BCUT2D eigenvalue weighted by molar-refractivity contribution is 5.92. The molecule has 0 fully saturated rings. The van der Waals surface area contributed by atoms with E-state index < -0.39 is 0 Å². The number of nitrogens with zero attached hydrogens (tertiary/aromatic N) is 6. The topological polar surface area (TPSA) is 155 Å². The number of allylic oxidation sites excluding steroid dienone is 1. The minimum absolute atomic E-state index is 0.00855. The number of fused-ring (bicyclic) bond motifs is 1. The lowest BCUT2D eigenvalue weighted by atomic mass is 10.3. The Morgan fingerprint density at radius 1 is 1.18 bits per heavy atom. The maximum Gasteiger partial charge on any atom is 0.245 e. The van der Waals surface area contributed by atoms with E-state index in [0.29, 0.717) is 47.3 Å². The first-order valence-electron chi connectivity index (χ1n) is 10.5. The lowest BCUT2D eigenvalue weighted by Crippen LogP contribution is -2.22. The summed E-state index contributed by atoms with van der Waals surface area (Å²) in [6.45, 7) is 8.27. The van der Waals surface area contributed by atoms with E-state index in [9.17, 15) is 4.79 Å². The molecule has 170 valence electrons. The van der Waals surface area contributed by atoms with Crippen LogP contribution in [0.5, 0.6) is 0 Å². The third kappa shape index (κ3) is 4.61. The van der Waals surface area contributed by atoms with E-state index in [-0.39, 0.29) is 18.4 Å². The number of aryl methyl sites for hydroxylation is 2. The monoisotopic (exact) mass is 446 g/mol. The highest BCUT2D eigenvalue weighted by atomic mass is 16.2. The van der Waals surface area contributed by atoms with Crippen molar-refractivity contribution in [2.45, 2.75) is 33.4 Å². The summed E-state index contributed by atoms with van der Waals surface area (Å²) in [5.74, 6) is 1.52. The number of carbonyl (C=O) groups is 1. The van der Waals surface area contributed by atoms with Gasteiger partial charge in [-0.2, -0.15) is 15.1 Å². The number of anilines is 5. The van der Waals surface area contributed by atoms with Gasteiger partial charge in [0.05, 0.1) is 5.69 Å². The first kappa shape index (κ1) is 21.8. The van der Waals surface area contributed by atoms with Gasteiger partial charge in [0.2, 0.25) is 11.9 Å². The quantitative estimate of drug-likeness (QED) is 0.238. The highest BCUT2D eigenvalue weighted by Crippen LogP contribution is 2.26. The molecular formula is C22H26N10O. The molecule has 0 aliphatic heterocycles. The van der Waals surface area contributed by atoms with Gasteiger partial charge in [-0.15, -0.1) is 6.58 Å². The first-order chi connectivity index (χ1) is 15.9. The predicted octanol–water partition coefficient (Wildman–Crippen LogP) is 2.63. The van der Waals surface area contributed by atoms with Gasteiger partial charge in [0.1, 0.15) is 18.2 Å². The molecule has 11 heteroatoms. The standard InChI is InChI=1S/C22H26N10O/c1-4-6-16-27-19-20(25-15-9-7-14(23)8-10-15)28-22(24)29-21(19)31(16)12-18(33)26-17-11-13(3)30-32(17)5-2/h4,7-11H,1,5-6,12,23H2,2-3H3,(H,26,33)(H3,24,25,28,29). The minimum atomic E-state index is -0.237. The molecule has 0 unspecified atom stereocenters. The number of benzene rings is 1. The molecular weight excluding hydrogens is 420 g/mol. The second-order valence-corrected chi connectivity index (χ2v) is 7.49. The van der Waals surface area contributed by atoms with E-state index in [1.807, 2.05) is 32.0 Å². The summed E-state index contributed by atoms with van der Waals surface area (Å²) in [7, 11) is 0. The van der Waals surface area contributed by atoms with E-state index >= 15 is 0 Å². The summed E-state index contributed by atoms with van der Waals surface area (Å²) < 4.78 is 3.46. The average Bonchev–Trinajstić information content (AvgIpc) is 3.29. The number of nitrogens with one attached hydrogen (secondary N) is 2. The molecule has 4 rings (SSSR count). The van der Waals surface area contributed by atoms with Crippen molar-refractivity contribution < 1.29 is 4.79 Å². The van der Waals surface area contributed by atoms with Gasteiger partial charge in [0, 0.05) is 30.4 Å². The van der Waals surface area contributed by atoms with Crippen molar-refractivity contribution in [3.05, 3.63) is 54.5 Å². The van der Waals surface area contributed by atoms with E-state index in [2.05, 4.69) is 37.3 Å². The van der Waals surface area contributed by atoms with Crippen LogP contribution < -0.4 is 22.1 Å². The smallest absolute Gasteiger partial charge is 0.245 e. The van der Waals surface area contributed by atoms with E-state index in [1.54, 1.807) is 27.5 Å². The zero-order valence-electron chi connectivity index (χ0n) is 18.5. The zero-order valence-corrected chi connectivity index (χ0v) is 18.5. The summed E-state index contributed by atoms with van der Waals surface area (Å²) >= 11 is 0. The van der Waals surface area contributed by atoms with Gasteiger partial charge in [-0.25, -0.2) is 9.67 Å². The number of nitrogens with two attached hydrogens (primary N) is 2. The molecule has 6 N–H and O–H groups in total. The molecule has 0 radical (unpaired) electrons. The Hall–Kier alpha value is -4.41. The molecule has 0 bridgehead atoms. The van der Waals surface area contributed by atoms with Crippen molar-refractivity contribution >= 4 is 46.0 Å². The predicted molar refractivity (Wildman–Crippen MR) is 129 cm³/mol. The Kier molecular flexibility index (Phi) is 5.94. The molecule has 0 saturated heterocycles. The van der Waals surface area contributed by atoms with Crippen molar-refractivity contribution in [1.29, 1.82) is 0 Å². The number of carbonyl (C=O) groups excluding carboxylic acids is 1. The van der Waals surface area contributed by atoms with Crippen molar-refractivity contribution in [3.63, 3.8) is 0 Å². The van der Waals surface area contributed by atoms with Gasteiger partial charge in [-0.05, 0) is 38.1 Å². The lowest BCUT2D eigenvalue weighted by molar-refractivity contribution is -0.116. The fourth-order valence-electron chi connectivity index (χ4n) is 3.52. The molecule has 11 nitrogen and oxygen atoms in total. The van der Waals surface area contributed by atoms with Gasteiger partial charge < -0.3 is 26.7 Å². The Labute approximate surface area is 190 Å². The Bertz CT molecular complexity index is 1320. The van der Waals surface area contributed by atoms with Crippen LogP contribution in [0, 0.1) is 6.92 Å². The Morgan fingerprint density at radius 3 is 2.64 bits per heavy atom. The van der Waals surface area contributed by atoms with Crippen LogP contribution in [0.4, 0.5) is 29.0 Å². The van der Waals surface area contributed by atoms with Crippen LogP contribution >= 0.6 is 0 Å². The fourth-order valence-corrected chi connectivity index (χ4v) is 3.52. The molecule has 0 atom stereocenters. The van der Waals surface area contributed by atoms with Crippen LogP contribution in [0.1, 0.15) is 18.4 Å². The first-order valence-corrected chi connectivity index (χ1v) is 10.5. The molecule has 0 aliphatic rings. The van der Waals surface area contributed by atoms with Crippen LogP contribution in [0.15, 0.2) is 43.0 Å². The zero-order chi connectivity index (χ0) is 23.5. The fraction of sp³-hybridized carbons (Fsp3) is 0.227. The van der Waals surface area contributed by atoms with Crippen LogP contribution in [0.25, 0.3) is 11.2 Å². The van der Waals surface area contributed by atoms with Gasteiger partial charge in [-0.1, -0.05) is 6.08 Å². The van der Waals surface area contributed by atoms with Gasteiger partial charge in [0.15, 0.2) is 17.0 Å². The van der Waals surface area contributed by atoms with Crippen LogP contribution in [-0.4, -0.2) is 35.2 Å². The summed E-state index contributed by atoms with van der Waals surface area (Å²) in [5.41, 5.74) is 15.0. The Balaban J connectivity index is 1.70. The van der Waals surface area contributed by atoms with Crippen molar-refractivity contribution in [1.82, 2.24) is 29.3 Å². The molecule has 3 aromatic heterocycles. The summed E-state index contributed by atoms with van der Waals surface area (Å²) in [5, 5.41) is 10.5. The number of aromatic nitrogens is 6. The molecule has 33 heavy (non-hydrogen) atoms. The largest absolute Gasteiger partial charge is 0.399 e.